The van der Waals surface area contributed by atoms with E-state index < -0.39 is 0 Å². The molecule has 1 aromatic rings. The highest BCUT2D eigenvalue weighted by Crippen LogP contribution is 2.28. The van der Waals surface area contributed by atoms with Gasteiger partial charge in [-0.25, -0.2) is 0 Å². The number of halogens is 1. The van der Waals surface area contributed by atoms with E-state index in [1.54, 1.807) is 0 Å². The molecule has 0 heterocycles. The lowest BCUT2D eigenvalue weighted by Gasteiger charge is -2.27. The molecule has 1 aliphatic carbocycles. The number of anilines is 1. The molecule has 0 amide bonds. The third kappa shape index (κ3) is 3.46. The Kier molecular flexibility index (Phi) is 4.46. The van der Waals surface area contributed by atoms with E-state index in [0.29, 0.717) is 12.7 Å². The van der Waals surface area contributed by atoms with E-state index in [1.807, 2.05) is 18.2 Å². The maximum atomic E-state index is 5.99. The first-order valence-corrected chi connectivity index (χ1v) is 7.10. The first kappa shape index (κ1) is 12.9. The molecule has 0 spiro atoms. The predicted molar refractivity (Wildman–Crippen MR) is 74.8 cm³/mol. The Morgan fingerprint density at radius 3 is 2.94 bits per heavy atom. The molecule has 0 aliphatic heterocycles. The lowest BCUT2D eigenvalue weighted by molar-refractivity contribution is 0.00469. The molecular formula is C14H20BrNO. The van der Waals surface area contributed by atoms with Gasteiger partial charge in [0.25, 0.3) is 0 Å². The van der Waals surface area contributed by atoms with Crippen LogP contribution >= 0.6 is 15.9 Å². The van der Waals surface area contributed by atoms with Crippen molar-refractivity contribution >= 4 is 21.6 Å². The monoisotopic (exact) mass is 297 g/mol. The van der Waals surface area contributed by atoms with Crippen LogP contribution < -0.4 is 5.73 Å². The largest absolute Gasteiger partial charge is 0.398 e. The van der Waals surface area contributed by atoms with Crippen LogP contribution in [0, 0.1) is 5.92 Å². The van der Waals surface area contributed by atoms with Gasteiger partial charge in [-0.15, -0.1) is 0 Å². The first-order chi connectivity index (χ1) is 8.16. The van der Waals surface area contributed by atoms with Gasteiger partial charge >= 0.3 is 0 Å². The molecule has 2 N–H and O–H groups in total. The normalized spacial score (nSPS) is 24.8. The second kappa shape index (κ2) is 5.87. The number of hydrogen-bond acceptors (Lipinski definition) is 2. The van der Waals surface area contributed by atoms with Crippen LogP contribution in [0.5, 0.6) is 0 Å². The number of nitrogen functional groups attached to an aromatic ring is 1. The molecule has 1 fully saturated rings. The molecule has 1 saturated carbocycles. The van der Waals surface area contributed by atoms with Crippen molar-refractivity contribution in [1.29, 1.82) is 0 Å². The van der Waals surface area contributed by atoms with Gasteiger partial charge in [-0.3, -0.25) is 0 Å². The van der Waals surface area contributed by atoms with Gasteiger partial charge in [0.05, 0.1) is 12.7 Å². The van der Waals surface area contributed by atoms with Crippen LogP contribution in [-0.2, 0) is 11.3 Å². The van der Waals surface area contributed by atoms with E-state index in [2.05, 4.69) is 22.9 Å². The van der Waals surface area contributed by atoms with Crippen LogP contribution in [-0.4, -0.2) is 6.10 Å². The van der Waals surface area contributed by atoms with Gasteiger partial charge in [-0.2, -0.15) is 0 Å². The Morgan fingerprint density at radius 2 is 2.24 bits per heavy atom. The van der Waals surface area contributed by atoms with E-state index in [9.17, 15) is 0 Å². The highest BCUT2D eigenvalue weighted by Gasteiger charge is 2.19. The summed E-state index contributed by atoms with van der Waals surface area (Å²) >= 11 is 3.52. The first-order valence-electron chi connectivity index (χ1n) is 6.31. The third-order valence-electron chi connectivity index (χ3n) is 3.51. The van der Waals surface area contributed by atoms with Gasteiger partial charge in [-0.1, -0.05) is 41.8 Å². The summed E-state index contributed by atoms with van der Waals surface area (Å²) in [6.45, 7) is 2.92. The van der Waals surface area contributed by atoms with Crippen molar-refractivity contribution in [2.75, 3.05) is 5.73 Å². The van der Waals surface area contributed by atoms with Crippen molar-refractivity contribution < 1.29 is 4.74 Å². The fourth-order valence-corrected chi connectivity index (χ4v) is 2.95. The standard InChI is InChI=1S/C14H20BrNO/c1-10-4-2-5-11(8-10)17-9-12-13(15)6-3-7-14(12)16/h3,6-7,10-11H,2,4-5,8-9,16H2,1H3. The lowest BCUT2D eigenvalue weighted by atomic mass is 9.89. The minimum absolute atomic E-state index is 0.408. The maximum absolute atomic E-state index is 5.99. The van der Waals surface area contributed by atoms with Gasteiger partial charge in [0.2, 0.25) is 0 Å². The van der Waals surface area contributed by atoms with Crippen LogP contribution in [0.25, 0.3) is 0 Å². The Morgan fingerprint density at radius 1 is 1.41 bits per heavy atom. The lowest BCUT2D eigenvalue weighted by Crippen LogP contribution is -2.21. The highest BCUT2D eigenvalue weighted by atomic mass is 79.9. The summed E-state index contributed by atoms with van der Waals surface area (Å²) in [4.78, 5) is 0. The van der Waals surface area contributed by atoms with Crippen molar-refractivity contribution in [2.45, 2.75) is 45.3 Å². The number of hydrogen-bond donors (Lipinski definition) is 1. The molecular weight excluding hydrogens is 278 g/mol. The van der Waals surface area contributed by atoms with E-state index in [4.69, 9.17) is 10.5 Å². The van der Waals surface area contributed by atoms with Gasteiger partial charge in [-0.05, 0) is 30.9 Å². The second-order valence-electron chi connectivity index (χ2n) is 5.01. The molecule has 2 rings (SSSR count). The van der Waals surface area contributed by atoms with Gasteiger partial charge in [0.1, 0.15) is 0 Å². The zero-order valence-corrected chi connectivity index (χ0v) is 11.9. The highest BCUT2D eigenvalue weighted by molar-refractivity contribution is 9.10. The molecule has 17 heavy (non-hydrogen) atoms. The number of rotatable bonds is 3. The zero-order valence-electron chi connectivity index (χ0n) is 10.3. The van der Waals surface area contributed by atoms with E-state index in [1.165, 1.54) is 25.7 Å². The average molecular weight is 298 g/mol. The molecule has 0 radical (unpaired) electrons. The molecule has 0 bridgehead atoms. The minimum atomic E-state index is 0.408. The number of nitrogens with two attached hydrogens (primary N) is 1. The molecule has 0 aromatic heterocycles. The summed E-state index contributed by atoms with van der Waals surface area (Å²) in [6, 6.07) is 5.89. The fourth-order valence-electron chi connectivity index (χ4n) is 2.46. The summed E-state index contributed by atoms with van der Waals surface area (Å²) < 4.78 is 7.03. The molecule has 2 nitrogen and oxygen atoms in total. The van der Waals surface area contributed by atoms with Crippen molar-refractivity contribution in [3.05, 3.63) is 28.2 Å². The van der Waals surface area contributed by atoms with Gasteiger partial charge in [0, 0.05) is 15.7 Å². The third-order valence-corrected chi connectivity index (χ3v) is 4.25. The van der Waals surface area contributed by atoms with Crippen LogP contribution in [0.1, 0.15) is 38.2 Å². The molecule has 3 heteroatoms. The summed E-state index contributed by atoms with van der Waals surface area (Å²) in [6.07, 6.45) is 5.41. The molecule has 1 aliphatic rings. The van der Waals surface area contributed by atoms with E-state index in [-0.39, 0.29) is 0 Å². The maximum Gasteiger partial charge on any atom is 0.0751 e. The van der Waals surface area contributed by atoms with Crippen molar-refractivity contribution in [3.63, 3.8) is 0 Å². The van der Waals surface area contributed by atoms with Crippen molar-refractivity contribution in [2.24, 2.45) is 5.92 Å². The quantitative estimate of drug-likeness (QED) is 0.852. The van der Waals surface area contributed by atoms with Gasteiger partial charge in [0.15, 0.2) is 0 Å². The van der Waals surface area contributed by atoms with E-state index >= 15 is 0 Å². The van der Waals surface area contributed by atoms with Gasteiger partial charge < -0.3 is 10.5 Å². The predicted octanol–water partition coefficient (Wildman–Crippen LogP) is 4.13. The van der Waals surface area contributed by atoms with Crippen LogP contribution in [0.2, 0.25) is 0 Å². The summed E-state index contributed by atoms with van der Waals surface area (Å²) in [5, 5.41) is 0. The summed E-state index contributed by atoms with van der Waals surface area (Å²) in [7, 11) is 0. The Hall–Kier alpha value is -0.540. The second-order valence-corrected chi connectivity index (χ2v) is 5.87. The van der Waals surface area contributed by atoms with Crippen molar-refractivity contribution in [3.8, 4) is 0 Å². The fraction of sp³-hybridized carbons (Fsp3) is 0.571. The minimum Gasteiger partial charge on any atom is -0.398 e. The molecule has 0 saturated heterocycles. The zero-order chi connectivity index (χ0) is 12.3. The summed E-state index contributed by atoms with van der Waals surface area (Å²) in [5.74, 6) is 0.797. The molecule has 94 valence electrons. The number of ether oxygens (including phenoxy) is 1. The Bertz CT molecular complexity index is 360. The number of benzene rings is 1. The van der Waals surface area contributed by atoms with Crippen LogP contribution in [0.4, 0.5) is 5.69 Å². The molecule has 1 aromatic carbocycles. The molecule has 2 atom stereocenters. The average Bonchev–Trinajstić information content (AvgIpc) is 2.28. The Balaban J connectivity index is 1.93. The topological polar surface area (TPSA) is 35.2 Å². The SMILES string of the molecule is CC1CCCC(OCc2c(N)cccc2Br)C1. The van der Waals surface area contributed by atoms with Crippen molar-refractivity contribution in [1.82, 2.24) is 0 Å². The van der Waals surface area contributed by atoms with Crippen LogP contribution in [0.3, 0.4) is 0 Å². The summed E-state index contributed by atoms with van der Waals surface area (Å²) in [5.41, 5.74) is 7.84. The molecule has 2 unspecified atom stereocenters. The van der Waals surface area contributed by atoms with Crippen LogP contribution in [0.15, 0.2) is 22.7 Å². The smallest absolute Gasteiger partial charge is 0.0751 e. The Labute approximate surface area is 112 Å². The van der Waals surface area contributed by atoms with E-state index in [0.717, 1.165) is 21.6 Å².